The first-order chi connectivity index (χ1) is 9.15. The van der Waals surface area contributed by atoms with Crippen LogP contribution < -0.4 is 0 Å². The van der Waals surface area contributed by atoms with Crippen LogP contribution in [0.1, 0.15) is 21.5 Å². The van der Waals surface area contributed by atoms with Crippen molar-refractivity contribution < 1.29 is 9.63 Å². The van der Waals surface area contributed by atoms with Crippen LogP contribution in [0.3, 0.4) is 0 Å². The van der Waals surface area contributed by atoms with Gasteiger partial charge in [0.1, 0.15) is 0 Å². The van der Waals surface area contributed by atoms with Crippen LogP contribution in [0.15, 0.2) is 58.2 Å². The van der Waals surface area contributed by atoms with E-state index in [1.807, 2.05) is 43.3 Å². The highest BCUT2D eigenvalue weighted by Crippen LogP contribution is 2.09. The number of halogens is 1. The Labute approximate surface area is 120 Å². The van der Waals surface area contributed by atoms with E-state index in [0.717, 1.165) is 15.6 Å². The Morgan fingerprint density at radius 2 is 1.95 bits per heavy atom. The number of carbonyl (C=O) groups is 1. The number of hydrogen-bond donors (Lipinski definition) is 0. The van der Waals surface area contributed by atoms with Crippen molar-refractivity contribution in [3.8, 4) is 0 Å². The molecular formula is C15H12BrNO2. The van der Waals surface area contributed by atoms with E-state index in [1.165, 1.54) is 6.21 Å². The van der Waals surface area contributed by atoms with Gasteiger partial charge in [-0.3, -0.25) is 0 Å². The quantitative estimate of drug-likeness (QED) is 0.488. The molecule has 3 nitrogen and oxygen atoms in total. The van der Waals surface area contributed by atoms with Gasteiger partial charge in [-0.05, 0) is 36.8 Å². The van der Waals surface area contributed by atoms with Crippen LogP contribution in [-0.2, 0) is 4.84 Å². The Morgan fingerprint density at radius 3 is 2.63 bits per heavy atom. The number of rotatable bonds is 3. The second kappa shape index (κ2) is 6.29. The Morgan fingerprint density at radius 1 is 1.21 bits per heavy atom. The fourth-order valence-corrected chi connectivity index (χ4v) is 1.77. The molecule has 19 heavy (non-hydrogen) atoms. The van der Waals surface area contributed by atoms with E-state index in [9.17, 15) is 4.79 Å². The first-order valence-corrected chi connectivity index (χ1v) is 6.51. The Bertz CT molecular complexity index is 606. The lowest BCUT2D eigenvalue weighted by Gasteiger charge is -1.99. The van der Waals surface area contributed by atoms with Gasteiger partial charge < -0.3 is 4.84 Å². The van der Waals surface area contributed by atoms with Gasteiger partial charge in [-0.2, -0.15) is 0 Å². The molecule has 0 unspecified atom stereocenters. The summed E-state index contributed by atoms with van der Waals surface area (Å²) in [6.45, 7) is 1.92. The molecule has 0 spiro atoms. The van der Waals surface area contributed by atoms with E-state index >= 15 is 0 Å². The van der Waals surface area contributed by atoms with Gasteiger partial charge in [0.25, 0.3) is 0 Å². The molecule has 0 saturated carbocycles. The van der Waals surface area contributed by atoms with Gasteiger partial charge >= 0.3 is 5.97 Å². The molecule has 0 atom stereocenters. The minimum atomic E-state index is -0.461. The summed E-state index contributed by atoms with van der Waals surface area (Å²) >= 11 is 3.34. The Hall–Kier alpha value is -1.94. The third-order valence-electron chi connectivity index (χ3n) is 2.46. The summed E-state index contributed by atoms with van der Waals surface area (Å²) in [5, 5.41) is 3.69. The van der Waals surface area contributed by atoms with Gasteiger partial charge in [0, 0.05) is 4.47 Å². The molecule has 0 fully saturated rings. The zero-order valence-corrected chi connectivity index (χ0v) is 11.9. The van der Waals surface area contributed by atoms with Crippen LogP contribution in [0.2, 0.25) is 0 Å². The molecule has 0 amide bonds. The molecule has 0 aliphatic carbocycles. The Kier molecular flexibility index (Phi) is 4.47. The average Bonchev–Trinajstić information content (AvgIpc) is 2.41. The largest absolute Gasteiger partial charge is 0.365 e. The van der Waals surface area contributed by atoms with Crippen molar-refractivity contribution in [2.24, 2.45) is 5.16 Å². The van der Waals surface area contributed by atoms with Crippen molar-refractivity contribution >= 4 is 28.1 Å². The van der Waals surface area contributed by atoms with Gasteiger partial charge in [0.05, 0.1) is 11.8 Å². The second-order valence-electron chi connectivity index (χ2n) is 4.03. The summed E-state index contributed by atoms with van der Waals surface area (Å²) < 4.78 is 0.987. The summed E-state index contributed by atoms with van der Waals surface area (Å²) in [7, 11) is 0. The minimum Gasteiger partial charge on any atom is -0.313 e. The molecule has 2 aromatic carbocycles. The lowest BCUT2D eigenvalue weighted by atomic mass is 10.1. The average molecular weight is 318 g/mol. The van der Waals surface area contributed by atoms with Crippen LogP contribution >= 0.6 is 15.9 Å². The first kappa shape index (κ1) is 13.5. The number of hydrogen-bond acceptors (Lipinski definition) is 3. The van der Waals surface area contributed by atoms with Crippen LogP contribution in [0, 0.1) is 6.92 Å². The Balaban J connectivity index is 1.98. The third kappa shape index (κ3) is 4.03. The predicted octanol–water partition coefficient (Wildman–Crippen LogP) is 3.95. The fourth-order valence-electron chi connectivity index (χ4n) is 1.51. The van der Waals surface area contributed by atoms with Gasteiger partial charge in [-0.15, -0.1) is 0 Å². The van der Waals surface area contributed by atoms with E-state index in [0.29, 0.717) is 5.56 Å². The molecule has 4 heteroatoms. The topological polar surface area (TPSA) is 38.7 Å². The number of aryl methyl sites for hydroxylation is 1. The predicted molar refractivity (Wildman–Crippen MR) is 78.3 cm³/mol. The van der Waals surface area contributed by atoms with Crippen molar-refractivity contribution in [3.63, 3.8) is 0 Å². The summed E-state index contributed by atoms with van der Waals surface area (Å²) in [4.78, 5) is 16.5. The summed E-state index contributed by atoms with van der Waals surface area (Å²) in [6, 6.07) is 14.7. The molecule has 0 bridgehead atoms. The SMILES string of the molecule is Cc1cccc(C(=O)O/N=C/c2ccc(Br)cc2)c1. The highest BCUT2D eigenvalue weighted by Gasteiger charge is 2.05. The van der Waals surface area contributed by atoms with Gasteiger partial charge in [-0.25, -0.2) is 4.79 Å². The van der Waals surface area contributed by atoms with E-state index in [2.05, 4.69) is 21.1 Å². The molecule has 0 radical (unpaired) electrons. The van der Waals surface area contributed by atoms with Crippen LogP contribution in [0.25, 0.3) is 0 Å². The lowest BCUT2D eigenvalue weighted by Crippen LogP contribution is -2.01. The number of benzene rings is 2. The first-order valence-electron chi connectivity index (χ1n) is 5.72. The summed E-state index contributed by atoms with van der Waals surface area (Å²) in [5.74, 6) is -0.461. The van der Waals surface area contributed by atoms with Crippen molar-refractivity contribution in [1.29, 1.82) is 0 Å². The fraction of sp³-hybridized carbons (Fsp3) is 0.0667. The lowest BCUT2D eigenvalue weighted by molar-refractivity contribution is 0.0519. The van der Waals surface area contributed by atoms with Crippen molar-refractivity contribution in [2.75, 3.05) is 0 Å². The molecule has 2 aromatic rings. The molecule has 0 aromatic heterocycles. The van der Waals surface area contributed by atoms with Crippen molar-refractivity contribution in [3.05, 3.63) is 69.7 Å². The normalized spacial score (nSPS) is 10.6. The number of oxime groups is 1. The zero-order valence-electron chi connectivity index (χ0n) is 10.3. The molecule has 0 N–H and O–H groups in total. The van der Waals surface area contributed by atoms with Crippen LogP contribution in [-0.4, -0.2) is 12.2 Å². The minimum absolute atomic E-state index is 0.461. The van der Waals surface area contributed by atoms with Gasteiger partial charge in [0.15, 0.2) is 0 Å². The number of nitrogens with zero attached hydrogens (tertiary/aromatic N) is 1. The molecule has 96 valence electrons. The van der Waals surface area contributed by atoms with Gasteiger partial charge in [-0.1, -0.05) is 50.9 Å². The van der Waals surface area contributed by atoms with Crippen LogP contribution in [0.5, 0.6) is 0 Å². The van der Waals surface area contributed by atoms with E-state index in [1.54, 1.807) is 12.1 Å². The smallest absolute Gasteiger partial charge is 0.313 e. The molecule has 0 saturated heterocycles. The highest BCUT2D eigenvalue weighted by molar-refractivity contribution is 9.10. The standard InChI is InChI=1S/C15H12BrNO2/c1-11-3-2-4-13(9-11)15(18)19-17-10-12-5-7-14(16)8-6-12/h2-10H,1H3/b17-10+. The molecule has 2 rings (SSSR count). The number of carbonyl (C=O) groups excluding carboxylic acids is 1. The van der Waals surface area contributed by atoms with E-state index in [-0.39, 0.29) is 0 Å². The second-order valence-corrected chi connectivity index (χ2v) is 4.95. The van der Waals surface area contributed by atoms with Gasteiger partial charge in [0.2, 0.25) is 0 Å². The molecular weight excluding hydrogens is 306 g/mol. The van der Waals surface area contributed by atoms with Crippen LogP contribution in [0.4, 0.5) is 0 Å². The van der Waals surface area contributed by atoms with Crippen molar-refractivity contribution in [2.45, 2.75) is 6.92 Å². The zero-order chi connectivity index (χ0) is 13.7. The third-order valence-corrected chi connectivity index (χ3v) is 2.99. The maximum atomic E-state index is 11.7. The maximum Gasteiger partial charge on any atom is 0.365 e. The monoisotopic (exact) mass is 317 g/mol. The summed E-state index contributed by atoms with van der Waals surface area (Å²) in [5.41, 5.74) is 2.36. The maximum absolute atomic E-state index is 11.7. The van der Waals surface area contributed by atoms with E-state index in [4.69, 9.17) is 4.84 Å². The van der Waals surface area contributed by atoms with Crippen molar-refractivity contribution in [1.82, 2.24) is 0 Å². The summed E-state index contributed by atoms with van der Waals surface area (Å²) in [6.07, 6.45) is 1.50. The van der Waals surface area contributed by atoms with E-state index < -0.39 is 5.97 Å². The molecule has 0 aliphatic rings. The molecule has 0 heterocycles. The highest BCUT2D eigenvalue weighted by atomic mass is 79.9. The molecule has 0 aliphatic heterocycles.